The van der Waals surface area contributed by atoms with Crippen molar-refractivity contribution in [3.63, 3.8) is 0 Å². The summed E-state index contributed by atoms with van der Waals surface area (Å²) in [6.07, 6.45) is 1.14. The Bertz CT molecular complexity index is 905. The van der Waals surface area contributed by atoms with Crippen LogP contribution in [0.5, 0.6) is 0 Å². The fraction of sp³-hybridized carbons (Fsp3) is 0.375. The van der Waals surface area contributed by atoms with Gasteiger partial charge in [0.2, 0.25) is 0 Å². The lowest BCUT2D eigenvalue weighted by Crippen LogP contribution is -2.40. The number of aromatic carboxylic acids is 1. The highest BCUT2D eigenvalue weighted by atomic mass is 16.4. The van der Waals surface area contributed by atoms with E-state index in [1.165, 1.54) is 11.1 Å². The lowest BCUT2D eigenvalue weighted by molar-refractivity contribution is 0.0697. The van der Waals surface area contributed by atoms with Crippen molar-refractivity contribution in [2.75, 3.05) is 0 Å². The number of hydrogen-bond donors (Lipinski definition) is 1. The molecular formula is C24H26O2. The van der Waals surface area contributed by atoms with E-state index in [0.717, 1.165) is 17.5 Å². The largest absolute Gasteiger partial charge is 0.478 e. The molecule has 0 amide bonds. The van der Waals surface area contributed by atoms with Crippen molar-refractivity contribution in [3.8, 4) is 11.8 Å². The number of hydrogen-bond acceptors (Lipinski definition) is 1. The molecule has 0 fully saturated rings. The molecule has 2 heteroatoms. The highest BCUT2D eigenvalue weighted by Gasteiger charge is 2.42. The van der Waals surface area contributed by atoms with E-state index in [2.05, 4.69) is 64.7 Å². The quantitative estimate of drug-likeness (QED) is 0.704. The van der Waals surface area contributed by atoms with E-state index in [0.29, 0.717) is 5.92 Å². The Hall–Kier alpha value is -2.53. The van der Waals surface area contributed by atoms with E-state index < -0.39 is 5.97 Å². The lowest BCUT2D eigenvalue weighted by Gasteiger charge is -2.47. The summed E-state index contributed by atoms with van der Waals surface area (Å²) in [6, 6.07) is 13.2. The van der Waals surface area contributed by atoms with E-state index in [1.54, 1.807) is 24.3 Å². The zero-order valence-electron chi connectivity index (χ0n) is 16.2. The molecule has 1 aliphatic carbocycles. The maximum Gasteiger partial charge on any atom is 0.335 e. The molecule has 0 heterocycles. The average molecular weight is 346 g/mol. The Morgan fingerprint density at radius 2 is 1.69 bits per heavy atom. The molecule has 0 aliphatic heterocycles. The van der Waals surface area contributed by atoms with Gasteiger partial charge in [-0.1, -0.05) is 58.6 Å². The minimum Gasteiger partial charge on any atom is -0.478 e. The van der Waals surface area contributed by atoms with Crippen molar-refractivity contribution in [1.29, 1.82) is 0 Å². The number of benzene rings is 2. The summed E-state index contributed by atoms with van der Waals surface area (Å²) in [5.41, 5.74) is 5.16. The fourth-order valence-corrected chi connectivity index (χ4v) is 4.15. The van der Waals surface area contributed by atoms with Crippen molar-refractivity contribution in [2.45, 2.75) is 51.9 Å². The number of carboxylic acids is 1. The average Bonchev–Trinajstić information content (AvgIpc) is 2.58. The summed E-state index contributed by atoms with van der Waals surface area (Å²) in [6.45, 7) is 11.6. The van der Waals surface area contributed by atoms with Crippen LogP contribution < -0.4 is 0 Å². The molecule has 0 spiro atoms. The van der Waals surface area contributed by atoms with Gasteiger partial charge in [0.25, 0.3) is 0 Å². The lowest BCUT2D eigenvalue weighted by atomic mass is 9.57. The molecule has 1 atom stereocenters. The smallest absolute Gasteiger partial charge is 0.335 e. The first-order chi connectivity index (χ1) is 12.1. The highest BCUT2D eigenvalue weighted by Crippen LogP contribution is 2.49. The van der Waals surface area contributed by atoms with Crippen LogP contribution in [0.2, 0.25) is 0 Å². The van der Waals surface area contributed by atoms with Crippen LogP contribution in [0.3, 0.4) is 0 Å². The molecular weight excluding hydrogens is 320 g/mol. The van der Waals surface area contributed by atoms with Gasteiger partial charge < -0.3 is 5.11 Å². The van der Waals surface area contributed by atoms with Crippen LogP contribution in [0, 0.1) is 17.8 Å². The number of carbonyl (C=O) groups is 1. The van der Waals surface area contributed by atoms with Gasteiger partial charge in [0, 0.05) is 11.1 Å². The van der Waals surface area contributed by atoms with Gasteiger partial charge in [-0.15, -0.1) is 0 Å². The standard InChI is InChI=1S/C24H26O2/c1-16-15-23(2,3)21-18(7-6-8-20(21)24(16,4)5)12-9-17-10-13-19(14-11-17)22(25)26/h6-8,10-11,13-14,16H,15H2,1-5H3,(H,25,26). The van der Waals surface area contributed by atoms with Crippen molar-refractivity contribution in [1.82, 2.24) is 0 Å². The van der Waals surface area contributed by atoms with E-state index >= 15 is 0 Å². The summed E-state index contributed by atoms with van der Waals surface area (Å²) in [5.74, 6) is 6.25. The van der Waals surface area contributed by atoms with Gasteiger partial charge in [-0.2, -0.15) is 0 Å². The third-order valence-corrected chi connectivity index (χ3v) is 5.96. The van der Waals surface area contributed by atoms with Crippen LogP contribution in [0.25, 0.3) is 0 Å². The first kappa shape index (κ1) is 18.3. The van der Waals surface area contributed by atoms with Crippen LogP contribution in [0.15, 0.2) is 42.5 Å². The topological polar surface area (TPSA) is 37.3 Å². The van der Waals surface area contributed by atoms with E-state index in [-0.39, 0.29) is 16.4 Å². The molecule has 2 nitrogen and oxygen atoms in total. The third-order valence-electron chi connectivity index (χ3n) is 5.96. The maximum absolute atomic E-state index is 11.0. The minimum atomic E-state index is -0.917. The van der Waals surface area contributed by atoms with Gasteiger partial charge in [-0.25, -0.2) is 4.79 Å². The Morgan fingerprint density at radius 3 is 2.31 bits per heavy atom. The second-order valence-electron chi connectivity index (χ2n) is 8.57. The third kappa shape index (κ3) is 3.15. The van der Waals surface area contributed by atoms with E-state index in [9.17, 15) is 4.79 Å². The van der Waals surface area contributed by atoms with Crippen LogP contribution in [0.1, 0.15) is 73.7 Å². The van der Waals surface area contributed by atoms with Crippen molar-refractivity contribution >= 4 is 5.97 Å². The van der Waals surface area contributed by atoms with Crippen LogP contribution >= 0.6 is 0 Å². The first-order valence-electron chi connectivity index (χ1n) is 9.12. The summed E-state index contributed by atoms with van der Waals surface area (Å²) in [4.78, 5) is 11.0. The summed E-state index contributed by atoms with van der Waals surface area (Å²) >= 11 is 0. The zero-order chi connectivity index (χ0) is 19.1. The molecule has 0 radical (unpaired) electrons. The normalized spacial score (nSPS) is 19.8. The Morgan fingerprint density at radius 1 is 1.04 bits per heavy atom. The van der Waals surface area contributed by atoms with Crippen molar-refractivity contribution < 1.29 is 9.90 Å². The molecule has 1 N–H and O–H groups in total. The van der Waals surface area contributed by atoms with Gasteiger partial charge in [-0.05, 0) is 64.6 Å². The molecule has 2 aromatic carbocycles. The fourth-order valence-electron chi connectivity index (χ4n) is 4.15. The van der Waals surface area contributed by atoms with Gasteiger partial charge in [-0.3, -0.25) is 0 Å². The molecule has 0 saturated carbocycles. The van der Waals surface area contributed by atoms with Crippen LogP contribution in [-0.4, -0.2) is 11.1 Å². The summed E-state index contributed by atoms with van der Waals surface area (Å²) in [5, 5.41) is 9.01. The molecule has 134 valence electrons. The van der Waals surface area contributed by atoms with E-state index in [1.807, 2.05) is 0 Å². The second kappa shape index (κ2) is 6.32. The SMILES string of the molecule is CC1CC(C)(C)c2c(C#Cc3ccc(C(=O)O)cc3)cccc2C1(C)C. The Labute approximate surface area is 156 Å². The number of fused-ring (bicyclic) bond motifs is 1. The Balaban J connectivity index is 2.07. The molecule has 26 heavy (non-hydrogen) atoms. The van der Waals surface area contributed by atoms with Crippen LogP contribution in [0.4, 0.5) is 0 Å². The molecule has 2 aromatic rings. The highest BCUT2D eigenvalue weighted by molar-refractivity contribution is 5.87. The number of carboxylic acid groups (broad SMARTS) is 1. The maximum atomic E-state index is 11.0. The van der Waals surface area contributed by atoms with Crippen molar-refractivity contribution in [3.05, 3.63) is 70.3 Å². The van der Waals surface area contributed by atoms with Gasteiger partial charge in [0.15, 0.2) is 0 Å². The van der Waals surface area contributed by atoms with Crippen LogP contribution in [-0.2, 0) is 10.8 Å². The van der Waals surface area contributed by atoms with Crippen molar-refractivity contribution in [2.24, 2.45) is 5.92 Å². The Kier molecular flexibility index (Phi) is 4.44. The molecule has 0 bridgehead atoms. The van der Waals surface area contributed by atoms with Gasteiger partial charge in [0.05, 0.1) is 5.56 Å². The summed E-state index contributed by atoms with van der Waals surface area (Å²) in [7, 11) is 0. The predicted molar refractivity (Wildman–Crippen MR) is 106 cm³/mol. The molecule has 0 saturated heterocycles. The predicted octanol–water partition coefficient (Wildman–Crippen LogP) is 5.38. The number of rotatable bonds is 1. The molecule has 1 aliphatic rings. The first-order valence-corrected chi connectivity index (χ1v) is 9.12. The van der Waals surface area contributed by atoms with E-state index in [4.69, 9.17) is 5.11 Å². The zero-order valence-corrected chi connectivity index (χ0v) is 16.2. The molecule has 0 aromatic heterocycles. The second-order valence-corrected chi connectivity index (χ2v) is 8.57. The van der Waals surface area contributed by atoms with Gasteiger partial charge >= 0.3 is 5.97 Å². The molecule has 1 unspecified atom stereocenters. The monoisotopic (exact) mass is 346 g/mol. The molecule has 3 rings (SSSR count). The van der Waals surface area contributed by atoms with Gasteiger partial charge in [0.1, 0.15) is 0 Å². The minimum absolute atomic E-state index is 0.0860. The summed E-state index contributed by atoms with van der Waals surface area (Å²) < 4.78 is 0.